The summed E-state index contributed by atoms with van der Waals surface area (Å²) in [6.45, 7) is 8.17. The van der Waals surface area contributed by atoms with E-state index in [2.05, 4.69) is 32.8 Å². The van der Waals surface area contributed by atoms with Crippen LogP contribution < -0.4 is 16.0 Å². The molecule has 0 spiro atoms. The summed E-state index contributed by atoms with van der Waals surface area (Å²) in [6.07, 6.45) is 6.67. The van der Waals surface area contributed by atoms with Crippen molar-refractivity contribution < 1.29 is 4.79 Å². The van der Waals surface area contributed by atoms with E-state index in [1.165, 1.54) is 32.2 Å². The van der Waals surface area contributed by atoms with Gasteiger partial charge < -0.3 is 16.0 Å². The van der Waals surface area contributed by atoms with Crippen molar-refractivity contribution >= 4 is 17.6 Å². The predicted octanol–water partition coefficient (Wildman–Crippen LogP) is 3.35. The minimum Gasteiger partial charge on any atom is -0.355 e. The van der Waals surface area contributed by atoms with Crippen LogP contribution in [0.25, 0.3) is 0 Å². The molecule has 6 nitrogen and oxygen atoms in total. The number of benzene rings is 1. The first-order chi connectivity index (χ1) is 13.7. The fraction of sp³-hybridized carbons (Fsp3) is 0.636. The minimum absolute atomic E-state index is 0.0667. The number of anilines is 1. The summed E-state index contributed by atoms with van der Waals surface area (Å²) in [6, 6.07) is 8.69. The Bertz CT molecular complexity index is 614. The van der Waals surface area contributed by atoms with Crippen molar-refractivity contribution in [1.29, 1.82) is 0 Å². The number of nitrogens with one attached hydrogen (secondary N) is 3. The summed E-state index contributed by atoms with van der Waals surface area (Å²) in [4.78, 5) is 18.6. The Morgan fingerprint density at radius 1 is 1.18 bits per heavy atom. The number of amides is 1. The summed E-state index contributed by atoms with van der Waals surface area (Å²) >= 11 is 0. The van der Waals surface area contributed by atoms with E-state index in [1.54, 1.807) is 7.05 Å². The van der Waals surface area contributed by atoms with Crippen LogP contribution in [-0.2, 0) is 11.3 Å². The van der Waals surface area contributed by atoms with Crippen LogP contribution in [0, 0.1) is 0 Å². The van der Waals surface area contributed by atoms with E-state index >= 15 is 0 Å². The van der Waals surface area contributed by atoms with Crippen molar-refractivity contribution in [1.82, 2.24) is 15.5 Å². The van der Waals surface area contributed by atoms with Crippen LogP contribution in [0.1, 0.15) is 57.9 Å². The van der Waals surface area contributed by atoms with Gasteiger partial charge in [0.05, 0.1) is 0 Å². The summed E-state index contributed by atoms with van der Waals surface area (Å²) in [7, 11) is 1.80. The van der Waals surface area contributed by atoms with Gasteiger partial charge in [-0.1, -0.05) is 32.4 Å². The van der Waals surface area contributed by atoms with Crippen LogP contribution in [0.5, 0.6) is 0 Å². The van der Waals surface area contributed by atoms with Crippen LogP contribution in [0.4, 0.5) is 5.69 Å². The summed E-state index contributed by atoms with van der Waals surface area (Å²) in [5.41, 5.74) is 2.00. The number of piperidine rings is 1. The monoisotopic (exact) mass is 387 g/mol. The first kappa shape index (κ1) is 22.2. The third kappa shape index (κ3) is 7.50. The minimum atomic E-state index is 0.0667. The van der Waals surface area contributed by atoms with Gasteiger partial charge in [-0.2, -0.15) is 0 Å². The highest BCUT2D eigenvalue weighted by Crippen LogP contribution is 2.18. The molecule has 1 aromatic carbocycles. The lowest BCUT2D eigenvalue weighted by molar-refractivity contribution is -0.116. The van der Waals surface area contributed by atoms with E-state index < -0.39 is 0 Å². The maximum absolute atomic E-state index is 11.7. The van der Waals surface area contributed by atoms with Crippen LogP contribution in [0.15, 0.2) is 29.3 Å². The Morgan fingerprint density at radius 3 is 2.64 bits per heavy atom. The third-order valence-electron chi connectivity index (χ3n) is 5.31. The molecule has 1 aliphatic heterocycles. The van der Waals surface area contributed by atoms with Crippen molar-refractivity contribution in [2.75, 3.05) is 32.0 Å². The Labute approximate surface area is 170 Å². The fourth-order valence-corrected chi connectivity index (χ4v) is 3.70. The Kier molecular flexibility index (Phi) is 9.83. The van der Waals surface area contributed by atoms with Gasteiger partial charge in [0.1, 0.15) is 0 Å². The topological polar surface area (TPSA) is 68.8 Å². The first-order valence-corrected chi connectivity index (χ1v) is 10.7. The molecule has 3 N–H and O–H groups in total. The zero-order chi connectivity index (χ0) is 20.2. The molecule has 0 aromatic heterocycles. The number of carbonyl (C=O) groups excluding carboxylic acids is 1. The number of nitrogens with zero attached hydrogens (tertiary/aromatic N) is 2. The van der Waals surface area contributed by atoms with Gasteiger partial charge in [-0.3, -0.25) is 14.7 Å². The number of aliphatic imine (C=N–C) groups is 1. The molecule has 1 atom stereocenters. The van der Waals surface area contributed by atoms with Crippen molar-refractivity contribution in [3.63, 3.8) is 0 Å². The van der Waals surface area contributed by atoms with Crippen molar-refractivity contribution in [2.24, 2.45) is 4.99 Å². The standard InChI is InChI=1S/C22H37N5O/c1-4-8-21(28)26-19-12-10-18(11-13-19)17-25-22(23-3)24-14-16-27-15-7-6-9-20(27)5-2/h10-13,20H,4-9,14-17H2,1-3H3,(H,26,28)(H2,23,24,25). The molecular weight excluding hydrogens is 350 g/mol. The Balaban J connectivity index is 1.72. The zero-order valence-corrected chi connectivity index (χ0v) is 17.8. The zero-order valence-electron chi connectivity index (χ0n) is 17.8. The van der Waals surface area contributed by atoms with Gasteiger partial charge in [-0.15, -0.1) is 0 Å². The first-order valence-electron chi connectivity index (χ1n) is 10.7. The van der Waals surface area contributed by atoms with E-state index in [1.807, 2.05) is 31.2 Å². The average molecular weight is 388 g/mol. The summed E-state index contributed by atoms with van der Waals surface area (Å²) in [5.74, 6) is 0.891. The van der Waals surface area contributed by atoms with Gasteiger partial charge in [0.15, 0.2) is 5.96 Å². The molecule has 0 bridgehead atoms. The molecule has 0 saturated carbocycles. The number of rotatable bonds is 9. The molecule has 0 aliphatic carbocycles. The van der Waals surface area contributed by atoms with Gasteiger partial charge in [-0.05, 0) is 49.9 Å². The fourth-order valence-electron chi connectivity index (χ4n) is 3.70. The van der Waals surface area contributed by atoms with Gasteiger partial charge in [-0.25, -0.2) is 0 Å². The number of guanidine groups is 1. The maximum Gasteiger partial charge on any atom is 0.224 e. The second-order valence-corrected chi connectivity index (χ2v) is 7.44. The molecule has 1 amide bonds. The summed E-state index contributed by atoms with van der Waals surface area (Å²) < 4.78 is 0. The molecule has 0 radical (unpaired) electrons. The van der Waals surface area contributed by atoms with E-state index in [-0.39, 0.29) is 5.91 Å². The van der Waals surface area contributed by atoms with Gasteiger partial charge >= 0.3 is 0 Å². The second-order valence-electron chi connectivity index (χ2n) is 7.44. The highest BCUT2D eigenvalue weighted by atomic mass is 16.1. The third-order valence-corrected chi connectivity index (χ3v) is 5.31. The lowest BCUT2D eigenvalue weighted by Crippen LogP contribution is -2.45. The largest absolute Gasteiger partial charge is 0.355 e. The number of likely N-dealkylation sites (tertiary alicyclic amines) is 1. The van der Waals surface area contributed by atoms with Crippen molar-refractivity contribution in [2.45, 2.75) is 65.0 Å². The van der Waals surface area contributed by atoms with Crippen LogP contribution >= 0.6 is 0 Å². The quantitative estimate of drug-likeness (QED) is 0.449. The molecule has 6 heteroatoms. The van der Waals surface area contributed by atoms with Crippen LogP contribution in [0.3, 0.4) is 0 Å². The normalized spacial score (nSPS) is 18.0. The molecular formula is C22H37N5O. The number of hydrogen-bond acceptors (Lipinski definition) is 3. The predicted molar refractivity (Wildman–Crippen MR) is 118 cm³/mol. The van der Waals surface area contributed by atoms with E-state index in [0.29, 0.717) is 13.0 Å². The van der Waals surface area contributed by atoms with Gasteiger partial charge in [0.25, 0.3) is 0 Å². The molecule has 2 rings (SSSR count). The van der Waals surface area contributed by atoms with E-state index in [4.69, 9.17) is 0 Å². The molecule has 1 saturated heterocycles. The SMILES string of the molecule is CCCC(=O)Nc1ccc(CNC(=NC)NCCN2CCCCC2CC)cc1. The molecule has 1 aliphatic rings. The lowest BCUT2D eigenvalue weighted by Gasteiger charge is -2.35. The van der Waals surface area contributed by atoms with Crippen molar-refractivity contribution in [3.05, 3.63) is 29.8 Å². The smallest absolute Gasteiger partial charge is 0.224 e. The lowest BCUT2D eigenvalue weighted by atomic mass is 10.0. The Hall–Kier alpha value is -2.08. The molecule has 1 unspecified atom stereocenters. The molecule has 1 heterocycles. The molecule has 156 valence electrons. The molecule has 1 fully saturated rings. The average Bonchev–Trinajstić information content (AvgIpc) is 2.72. The number of carbonyl (C=O) groups is 1. The van der Waals surface area contributed by atoms with Crippen molar-refractivity contribution in [3.8, 4) is 0 Å². The highest BCUT2D eigenvalue weighted by Gasteiger charge is 2.19. The van der Waals surface area contributed by atoms with Gasteiger partial charge in [0, 0.05) is 44.8 Å². The van der Waals surface area contributed by atoms with Crippen LogP contribution in [-0.4, -0.2) is 49.5 Å². The van der Waals surface area contributed by atoms with Crippen LogP contribution in [0.2, 0.25) is 0 Å². The molecule has 1 aromatic rings. The number of hydrogen-bond donors (Lipinski definition) is 3. The molecule has 28 heavy (non-hydrogen) atoms. The highest BCUT2D eigenvalue weighted by molar-refractivity contribution is 5.90. The maximum atomic E-state index is 11.7. The summed E-state index contributed by atoms with van der Waals surface area (Å²) in [5, 5.41) is 9.70. The van der Waals surface area contributed by atoms with Gasteiger partial charge in [0.2, 0.25) is 5.91 Å². The second kappa shape index (κ2) is 12.4. The van der Waals surface area contributed by atoms with E-state index in [9.17, 15) is 4.79 Å². The van der Waals surface area contributed by atoms with E-state index in [0.717, 1.165) is 42.8 Å². The Morgan fingerprint density at radius 2 is 1.96 bits per heavy atom.